The Kier molecular flexibility index (Phi) is 2.71. The van der Waals surface area contributed by atoms with Gasteiger partial charge in [-0.05, 0) is 30.2 Å². The van der Waals surface area contributed by atoms with Gasteiger partial charge in [0.1, 0.15) is 10.5 Å². The Hall–Kier alpha value is -2.59. The van der Waals surface area contributed by atoms with Crippen LogP contribution in [-0.4, -0.2) is 16.5 Å². The third kappa shape index (κ3) is 1.64. The van der Waals surface area contributed by atoms with Crippen molar-refractivity contribution in [3.8, 4) is 5.88 Å². The van der Waals surface area contributed by atoms with Crippen LogP contribution in [0.4, 0.5) is 0 Å². The first kappa shape index (κ1) is 13.8. The summed E-state index contributed by atoms with van der Waals surface area (Å²) >= 11 is 1.80. The number of hydrogen-bond donors (Lipinski definition) is 0. The summed E-state index contributed by atoms with van der Waals surface area (Å²) in [6.07, 6.45) is 2.20. The minimum Gasteiger partial charge on any atom is -0.480 e. The molecule has 5 aromatic rings. The Morgan fingerprint density at radius 3 is 2.62 bits per heavy atom. The number of hydrogen-bond acceptors (Lipinski definition) is 3. The average molecular weight is 332 g/mol. The van der Waals surface area contributed by atoms with Crippen molar-refractivity contribution >= 4 is 48.7 Å². The van der Waals surface area contributed by atoms with Gasteiger partial charge in [0.15, 0.2) is 0 Å². The van der Waals surface area contributed by atoms with Crippen molar-refractivity contribution in [2.75, 3.05) is 7.11 Å². The van der Waals surface area contributed by atoms with E-state index in [2.05, 4.69) is 60.8 Å². The zero-order valence-corrected chi connectivity index (χ0v) is 14.6. The van der Waals surface area contributed by atoms with E-state index in [1.165, 1.54) is 36.8 Å². The predicted molar refractivity (Wildman–Crippen MR) is 102 cm³/mol. The van der Waals surface area contributed by atoms with E-state index < -0.39 is 0 Å². The molecular formula is C20H16N2OS. The molecule has 2 aromatic carbocycles. The lowest BCUT2D eigenvalue weighted by Gasteiger charge is -2.05. The summed E-state index contributed by atoms with van der Waals surface area (Å²) in [6, 6.07) is 12.8. The summed E-state index contributed by atoms with van der Waals surface area (Å²) in [5, 5.41) is 5.99. The van der Waals surface area contributed by atoms with Crippen LogP contribution >= 0.6 is 11.3 Å². The molecule has 0 radical (unpaired) electrons. The monoisotopic (exact) mass is 332 g/mol. The van der Waals surface area contributed by atoms with Crippen LogP contribution in [0.3, 0.4) is 0 Å². The Morgan fingerprint density at radius 2 is 1.79 bits per heavy atom. The van der Waals surface area contributed by atoms with Gasteiger partial charge in [-0.15, -0.1) is 11.3 Å². The number of nitrogens with zero attached hydrogens (tertiary/aromatic N) is 2. The highest BCUT2D eigenvalue weighted by atomic mass is 32.1. The molecule has 0 bridgehead atoms. The molecule has 0 aliphatic heterocycles. The number of ether oxygens (including phenoxy) is 1. The van der Waals surface area contributed by atoms with Crippen LogP contribution in [0.2, 0.25) is 0 Å². The van der Waals surface area contributed by atoms with Gasteiger partial charge in [0.05, 0.1) is 12.5 Å². The van der Waals surface area contributed by atoms with Crippen molar-refractivity contribution in [3.63, 3.8) is 0 Å². The highest BCUT2D eigenvalue weighted by Gasteiger charge is 2.18. The third-order valence-corrected chi connectivity index (χ3v) is 6.09. The molecule has 4 heteroatoms. The minimum absolute atomic E-state index is 0.715. The van der Waals surface area contributed by atoms with Gasteiger partial charge in [-0.25, -0.2) is 0 Å². The highest BCUT2D eigenvalue weighted by Crippen LogP contribution is 2.39. The first-order valence-corrected chi connectivity index (χ1v) is 8.77. The lowest BCUT2D eigenvalue weighted by molar-refractivity contribution is 0.404. The highest BCUT2D eigenvalue weighted by molar-refractivity contribution is 7.18. The number of rotatable bonds is 1. The molecule has 118 valence electrons. The molecule has 0 atom stereocenters. The molecule has 3 aromatic heterocycles. The van der Waals surface area contributed by atoms with Crippen LogP contribution in [0.1, 0.15) is 10.4 Å². The summed E-state index contributed by atoms with van der Waals surface area (Å²) in [5.41, 5.74) is 2.22. The van der Waals surface area contributed by atoms with Gasteiger partial charge in [0, 0.05) is 21.8 Å². The van der Waals surface area contributed by atoms with E-state index in [9.17, 15) is 0 Å². The average Bonchev–Trinajstić information content (AvgIpc) is 3.12. The Labute approximate surface area is 143 Å². The van der Waals surface area contributed by atoms with Gasteiger partial charge in [-0.1, -0.05) is 36.4 Å². The second kappa shape index (κ2) is 4.71. The van der Waals surface area contributed by atoms with E-state index in [1.54, 1.807) is 18.4 Å². The second-order valence-corrected chi connectivity index (χ2v) is 7.36. The van der Waals surface area contributed by atoms with E-state index in [0.29, 0.717) is 5.88 Å². The first-order chi connectivity index (χ1) is 11.7. The summed E-state index contributed by atoms with van der Waals surface area (Å²) in [4.78, 5) is 7.39. The molecule has 0 aliphatic carbocycles. The predicted octanol–water partition coefficient (Wildman–Crippen LogP) is 5.48. The number of fused-ring (bicyclic) bond motifs is 7. The lowest BCUT2D eigenvalue weighted by Crippen LogP contribution is -1.94. The number of aryl methyl sites for hydroxylation is 2. The van der Waals surface area contributed by atoms with Crippen LogP contribution in [0.25, 0.3) is 37.4 Å². The van der Waals surface area contributed by atoms with E-state index in [0.717, 1.165) is 11.0 Å². The van der Waals surface area contributed by atoms with Gasteiger partial charge in [0.25, 0.3) is 0 Å². The van der Waals surface area contributed by atoms with Gasteiger partial charge in [-0.3, -0.25) is 4.40 Å². The molecule has 0 spiro atoms. The number of methoxy groups -OCH3 is 1. The van der Waals surface area contributed by atoms with Crippen molar-refractivity contribution < 1.29 is 4.74 Å². The zero-order chi connectivity index (χ0) is 16.4. The molecule has 0 unspecified atom stereocenters. The zero-order valence-electron chi connectivity index (χ0n) is 13.8. The summed E-state index contributed by atoms with van der Waals surface area (Å²) < 4.78 is 7.86. The van der Waals surface area contributed by atoms with Crippen LogP contribution in [-0.2, 0) is 0 Å². The molecule has 0 saturated heterocycles. The quantitative estimate of drug-likeness (QED) is 0.406. The third-order valence-electron chi connectivity index (χ3n) is 4.88. The van der Waals surface area contributed by atoms with Crippen LogP contribution in [0.5, 0.6) is 5.88 Å². The normalized spacial score (nSPS) is 12.0. The fourth-order valence-electron chi connectivity index (χ4n) is 3.56. The Bertz CT molecular complexity index is 1260. The summed E-state index contributed by atoms with van der Waals surface area (Å²) in [6.45, 7) is 4.30. The van der Waals surface area contributed by atoms with E-state index >= 15 is 0 Å². The van der Waals surface area contributed by atoms with Crippen molar-refractivity contribution in [1.29, 1.82) is 0 Å². The minimum atomic E-state index is 0.715. The fraction of sp³-hybridized carbons (Fsp3) is 0.150. The molecule has 0 fully saturated rings. The number of thiophene rings is 1. The van der Waals surface area contributed by atoms with E-state index in [4.69, 9.17) is 9.72 Å². The second-order valence-electron chi connectivity index (χ2n) is 6.16. The maximum absolute atomic E-state index is 5.64. The van der Waals surface area contributed by atoms with Gasteiger partial charge >= 0.3 is 0 Å². The largest absolute Gasteiger partial charge is 0.480 e. The van der Waals surface area contributed by atoms with Crippen molar-refractivity contribution in [2.24, 2.45) is 0 Å². The molecule has 0 amide bonds. The SMILES string of the molecule is COc1nc2c3c(ccc4ccccc43)cn2c2sc(C)c(C)c12. The maximum atomic E-state index is 5.64. The standard InChI is InChI=1S/C20H16N2OS/c1-11-12(2)24-20-16(11)19(23-3)21-18-17-14(10-22(18)20)9-8-13-6-4-5-7-15(13)17/h4-10H,1-3H3. The van der Waals surface area contributed by atoms with Gasteiger partial charge in [-0.2, -0.15) is 4.98 Å². The molecule has 5 rings (SSSR count). The molecule has 24 heavy (non-hydrogen) atoms. The summed E-state index contributed by atoms with van der Waals surface area (Å²) in [5.74, 6) is 0.715. The molecule has 3 heterocycles. The Balaban J connectivity index is 2.10. The van der Waals surface area contributed by atoms with E-state index in [-0.39, 0.29) is 0 Å². The Morgan fingerprint density at radius 1 is 1.00 bits per heavy atom. The fourth-order valence-corrected chi connectivity index (χ4v) is 4.69. The van der Waals surface area contributed by atoms with Crippen LogP contribution < -0.4 is 4.74 Å². The van der Waals surface area contributed by atoms with Crippen molar-refractivity contribution in [3.05, 3.63) is 53.0 Å². The van der Waals surface area contributed by atoms with Crippen molar-refractivity contribution in [1.82, 2.24) is 9.38 Å². The molecule has 0 saturated carbocycles. The molecule has 0 N–H and O–H groups in total. The smallest absolute Gasteiger partial charge is 0.225 e. The molecular weight excluding hydrogens is 316 g/mol. The van der Waals surface area contributed by atoms with Crippen molar-refractivity contribution in [2.45, 2.75) is 13.8 Å². The van der Waals surface area contributed by atoms with E-state index in [1.807, 2.05) is 0 Å². The van der Waals surface area contributed by atoms with Crippen LogP contribution in [0.15, 0.2) is 42.6 Å². The number of benzene rings is 2. The lowest BCUT2D eigenvalue weighted by atomic mass is 10.1. The maximum Gasteiger partial charge on any atom is 0.225 e. The topological polar surface area (TPSA) is 26.5 Å². The van der Waals surface area contributed by atoms with Gasteiger partial charge < -0.3 is 4.74 Å². The molecule has 3 nitrogen and oxygen atoms in total. The summed E-state index contributed by atoms with van der Waals surface area (Å²) in [7, 11) is 1.70. The van der Waals surface area contributed by atoms with Crippen LogP contribution in [0, 0.1) is 13.8 Å². The molecule has 0 aliphatic rings. The first-order valence-electron chi connectivity index (χ1n) is 7.95. The number of aromatic nitrogens is 2. The van der Waals surface area contributed by atoms with Gasteiger partial charge in [0.2, 0.25) is 5.88 Å².